The Kier molecular flexibility index (Phi) is 9.96. The standard InChI is InChI=1S/C27H27F9N2O7/c28-25(29,30)12-1-2-17-16(8-12)18(37-10-11-5-13(26(31,32)33)7-14(6-11)27(34,35)36)9-15(38-17)3-4-44-24-21(41)19(39)20(40)22(45-24)23(42)43/h1-2,5-8,15,18-22,24,37-41H,3-4,9-10H2,(H,42,43). The largest absolute Gasteiger partial charge is 0.479 e. The summed E-state index contributed by atoms with van der Waals surface area (Å²) in [7, 11) is 0. The lowest BCUT2D eigenvalue weighted by Gasteiger charge is -2.39. The van der Waals surface area contributed by atoms with Crippen LogP contribution in [0.3, 0.4) is 0 Å². The minimum Gasteiger partial charge on any atom is -0.479 e. The third-order valence-corrected chi connectivity index (χ3v) is 7.40. The number of hydrogen-bond acceptors (Lipinski definition) is 8. The smallest absolute Gasteiger partial charge is 0.416 e. The van der Waals surface area contributed by atoms with E-state index in [4.69, 9.17) is 14.6 Å². The zero-order valence-corrected chi connectivity index (χ0v) is 22.7. The molecule has 45 heavy (non-hydrogen) atoms. The Bertz CT molecular complexity index is 1340. The highest BCUT2D eigenvalue weighted by molar-refractivity contribution is 5.73. The molecule has 1 fully saturated rings. The molecule has 7 atom stereocenters. The minimum absolute atomic E-state index is 0.0311. The average Bonchev–Trinajstić information content (AvgIpc) is 2.93. The van der Waals surface area contributed by atoms with Gasteiger partial charge in [0.15, 0.2) is 12.4 Å². The number of hydrogen-bond donors (Lipinski definition) is 6. The molecule has 4 rings (SSSR count). The van der Waals surface area contributed by atoms with E-state index in [1.165, 1.54) is 0 Å². The second-order valence-electron chi connectivity index (χ2n) is 10.6. The number of carboxylic acids is 1. The number of alkyl halides is 9. The molecule has 0 radical (unpaired) electrons. The lowest BCUT2D eigenvalue weighted by atomic mass is 9.90. The SMILES string of the molecule is O=C(O)C1OC(OCCC2CC(NCc3cc(C(F)(F)F)cc(C(F)(F)F)c3)c3cc(C(F)(F)F)ccc3N2)C(O)C(O)C1O. The molecule has 0 saturated carbocycles. The fourth-order valence-electron chi connectivity index (χ4n) is 5.11. The molecule has 0 spiro atoms. The Labute approximate surface area is 248 Å². The molecule has 9 nitrogen and oxygen atoms in total. The molecule has 2 aromatic carbocycles. The van der Waals surface area contributed by atoms with E-state index < -0.39 is 96.1 Å². The van der Waals surface area contributed by atoms with Gasteiger partial charge in [-0.2, -0.15) is 39.5 Å². The van der Waals surface area contributed by atoms with Crippen molar-refractivity contribution in [2.24, 2.45) is 0 Å². The molecule has 6 N–H and O–H groups in total. The van der Waals surface area contributed by atoms with Crippen LogP contribution in [0.25, 0.3) is 0 Å². The molecule has 7 unspecified atom stereocenters. The number of halogens is 9. The molecule has 0 aromatic heterocycles. The van der Waals surface area contributed by atoms with E-state index in [-0.39, 0.29) is 36.8 Å². The number of rotatable bonds is 8. The van der Waals surface area contributed by atoms with Crippen LogP contribution in [0.1, 0.15) is 46.7 Å². The Hall–Kier alpha value is -3.16. The van der Waals surface area contributed by atoms with E-state index in [0.29, 0.717) is 12.1 Å². The van der Waals surface area contributed by atoms with Gasteiger partial charge in [0.05, 0.1) is 23.3 Å². The van der Waals surface area contributed by atoms with Crippen molar-refractivity contribution in [3.8, 4) is 0 Å². The maximum absolute atomic E-state index is 13.5. The normalized spacial score (nSPS) is 27.5. The Morgan fingerprint density at radius 1 is 0.867 bits per heavy atom. The summed E-state index contributed by atoms with van der Waals surface area (Å²) >= 11 is 0. The molecular weight excluding hydrogens is 635 g/mol. The number of aliphatic carboxylic acids is 1. The van der Waals surface area contributed by atoms with Gasteiger partial charge >= 0.3 is 24.5 Å². The average molecular weight is 663 g/mol. The number of ether oxygens (including phenoxy) is 2. The number of anilines is 1. The summed E-state index contributed by atoms with van der Waals surface area (Å²) in [4.78, 5) is 11.3. The van der Waals surface area contributed by atoms with Gasteiger partial charge in [0.2, 0.25) is 0 Å². The molecule has 2 heterocycles. The van der Waals surface area contributed by atoms with E-state index in [1.54, 1.807) is 0 Å². The van der Waals surface area contributed by atoms with Crippen LogP contribution in [-0.4, -0.2) is 69.8 Å². The highest BCUT2D eigenvalue weighted by Gasteiger charge is 2.47. The Balaban J connectivity index is 1.53. The van der Waals surface area contributed by atoms with Crippen molar-refractivity contribution in [3.05, 3.63) is 64.2 Å². The summed E-state index contributed by atoms with van der Waals surface area (Å²) in [5.41, 5.74) is -4.31. The molecule has 2 aromatic rings. The molecule has 0 aliphatic carbocycles. The zero-order valence-electron chi connectivity index (χ0n) is 22.7. The summed E-state index contributed by atoms with van der Waals surface area (Å²) in [5, 5.41) is 44.7. The summed E-state index contributed by atoms with van der Waals surface area (Å²) in [6.07, 6.45) is -24.2. The van der Waals surface area contributed by atoms with E-state index in [2.05, 4.69) is 10.6 Å². The zero-order chi connectivity index (χ0) is 33.5. The van der Waals surface area contributed by atoms with E-state index >= 15 is 0 Å². The van der Waals surface area contributed by atoms with Crippen LogP contribution in [-0.2, 0) is 39.3 Å². The highest BCUT2D eigenvalue weighted by Crippen LogP contribution is 2.40. The van der Waals surface area contributed by atoms with Crippen LogP contribution in [0, 0.1) is 0 Å². The van der Waals surface area contributed by atoms with Crippen LogP contribution >= 0.6 is 0 Å². The van der Waals surface area contributed by atoms with Crippen molar-refractivity contribution in [1.82, 2.24) is 5.32 Å². The first-order chi connectivity index (χ1) is 20.8. The maximum Gasteiger partial charge on any atom is 0.416 e. The first kappa shape index (κ1) is 34.7. The monoisotopic (exact) mass is 662 g/mol. The van der Waals surface area contributed by atoms with Gasteiger partial charge in [-0.05, 0) is 60.4 Å². The van der Waals surface area contributed by atoms with Gasteiger partial charge in [-0.1, -0.05) is 0 Å². The third kappa shape index (κ3) is 8.17. The molecule has 1 saturated heterocycles. The molecule has 0 amide bonds. The van der Waals surface area contributed by atoms with E-state index in [0.717, 1.165) is 18.2 Å². The van der Waals surface area contributed by atoms with Crippen molar-refractivity contribution in [2.75, 3.05) is 11.9 Å². The van der Waals surface area contributed by atoms with Crippen molar-refractivity contribution in [2.45, 2.75) is 80.7 Å². The second-order valence-corrected chi connectivity index (χ2v) is 10.6. The fraction of sp³-hybridized carbons (Fsp3) is 0.519. The second kappa shape index (κ2) is 12.9. The minimum atomic E-state index is -5.10. The number of carboxylic acid groups (broad SMARTS) is 1. The summed E-state index contributed by atoms with van der Waals surface area (Å²) < 4.78 is 131. The molecule has 18 heteroatoms. The predicted octanol–water partition coefficient (Wildman–Crippen LogP) is 4.06. The van der Waals surface area contributed by atoms with E-state index in [1.807, 2.05) is 0 Å². The van der Waals surface area contributed by atoms with Crippen molar-refractivity contribution >= 4 is 11.7 Å². The van der Waals surface area contributed by atoms with Crippen LogP contribution in [0.15, 0.2) is 36.4 Å². The first-order valence-corrected chi connectivity index (χ1v) is 13.3. The summed E-state index contributed by atoms with van der Waals surface area (Å²) in [5.74, 6) is -1.64. The highest BCUT2D eigenvalue weighted by atomic mass is 19.4. The topological polar surface area (TPSA) is 141 Å². The number of aliphatic hydroxyl groups is 3. The van der Waals surface area contributed by atoms with Gasteiger partial charge in [0.1, 0.15) is 18.3 Å². The van der Waals surface area contributed by atoms with Crippen molar-refractivity contribution in [3.63, 3.8) is 0 Å². The van der Waals surface area contributed by atoms with Crippen LogP contribution in [0.4, 0.5) is 45.2 Å². The van der Waals surface area contributed by atoms with E-state index in [9.17, 15) is 59.6 Å². The molecule has 250 valence electrons. The van der Waals surface area contributed by atoms with Gasteiger partial charge in [-0.25, -0.2) is 4.79 Å². The number of nitrogens with one attached hydrogen (secondary N) is 2. The number of carbonyl (C=O) groups is 1. The maximum atomic E-state index is 13.5. The fourth-order valence-corrected chi connectivity index (χ4v) is 5.11. The van der Waals surface area contributed by atoms with Crippen LogP contribution in [0.5, 0.6) is 0 Å². The van der Waals surface area contributed by atoms with Crippen LogP contribution < -0.4 is 10.6 Å². The van der Waals surface area contributed by atoms with Gasteiger partial charge < -0.3 is 40.5 Å². The van der Waals surface area contributed by atoms with Gasteiger partial charge in [-0.3, -0.25) is 0 Å². The van der Waals surface area contributed by atoms with Crippen molar-refractivity contribution in [1.29, 1.82) is 0 Å². The molecule has 0 bridgehead atoms. The predicted molar refractivity (Wildman–Crippen MR) is 134 cm³/mol. The van der Waals surface area contributed by atoms with Crippen molar-refractivity contribution < 1.29 is 74.2 Å². The Morgan fingerprint density at radius 3 is 2.02 bits per heavy atom. The molecule has 2 aliphatic heterocycles. The molecule has 2 aliphatic rings. The number of aliphatic hydroxyl groups excluding tert-OH is 3. The quantitative estimate of drug-likeness (QED) is 0.231. The Morgan fingerprint density at radius 2 is 1.47 bits per heavy atom. The van der Waals surface area contributed by atoms with Gasteiger partial charge in [-0.15, -0.1) is 0 Å². The molecular formula is C27H27F9N2O7. The lowest BCUT2D eigenvalue weighted by Crippen LogP contribution is -2.60. The first-order valence-electron chi connectivity index (χ1n) is 13.3. The lowest BCUT2D eigenvalue weighted by molar-refractivity contribution is -0.294. The van der Waals surface area contributed by atoms with Crippen LogP contribution in [0.2, 0.25) is 0 Å². The summed E-state index contributed by atoms with van der Waals surface area (Å²) in [6.45, 7) is -0.852. The van der Waals surface area contributed by atoms with Gasteiger partial charge in [0.25, 0.3) is 0 Å². The third-order valence-electron chi connectivity index (χ3n) is 7.40. The van der Waals surface area contributed by atoms with Gasteiger partial charge in [0, 0.05) is 24.3 Å². The number of fused-ring (bicyclic) bond motifs is 1. The number of benzene rings is 2. The summed E-state index contributed by atoms with van der Waals surface area (Å²) in [6, 6.07) is 2.07.